The van der Waals surface area contributed by atoms with Gasteiger partial charge in [-0.3, -0.25) is 9.79 Å². The quantitative estimate of drug-likeness (QED) is 0.224. The van der Waals surface area contributed by atoms with E-state index < -0.39 is 0 Å². The highest BCUT2D eigenvalue weighted by molar-refractivity contribution is 14.0. The van der Waals surface area contributed by atoms with Crippen molar-refractivity contribution in [3.8, 4) is 0 Å². The molecule has 1 aromatic heterocycles. The zero-order chi connectivity index (χ0) is 19.8. The van der Waals surface area contributed by atoms with Crippen LogP contribution in [0.4, 0.5) is 5.00 Å². The minimum absolute atomic E-state index is 0. The summed E-state index contributed by atoms with van der Waals surface area (Å²) >= 11 is 7.64. The Balaban J connectivity index is 0.00000300. The van der Waals surface area contributed by atoms with E-state index in [9.17, 15) is 4.79 Å². The van der Waals surface area contributed by atoms with E-state index in [1.54, 1.807) is 42.6 Å². The van der Waals surface area contributed by atoms with Crippen molar-refractivity contribution in [3.63, 3.8) is 0 Å². The van der Waals surface area contributed by atoms with Crippen LogP contribution in [0.25, 0.3) is 0 Å². The number of benzene rings is 1. The van der Waals surface area contributed by atoms with E-state index in [1.807, 2.05) is 0 Å². The molecule has 0 atom stereocenters. The van der Waals surface area contributed by atoms with Crippen LogP contribution in [0.3, 0.4) is 0 Å². The van der Waals surface area contributed by atoms with Gasteiger partial charge in [0, 0.05) is 49.9 Å². The number of amides is 1. The molecule has 1 fully saturated rings. The Morgan fingerprint density at radius 3 is 2.48 bits per heavy atom. The Kier molecular flexibility index (Phi) is 10.0. The van der Waals surface area contributed by atoms with Gasteiger partial charge in [0.25, 0.3) is 5.91 Å². The van der Waals surface area contributed by atoms with Gasteiger partial charge in [-0.25, -0.2) is 0 Å². The van der Waals surface area contributed by atoms with Crippen LogP contribution < -0.4 is 20.9 Å². The fourth-order valence-corrected chi connectivity index (χ4v) is 4.05. The summed E-state index contributed by atoms with van der Waals surface area (Å²) in [5.74, 6) is 0.665. The number of halogens is 2. The van der Waals surface area contributed by atoms with Crippen LogP contribution in [-0.2, 0) is 0 Å². The Bertz CT molecular complexity index is 777. The van der Waals surface area contributed by atoms with E-state index in [4.69, 9.17) is 11.6 Å². The number of hydrogen-bond donors (Lipinski definition) is 3. The lowest BCUT2D eigenvalue weighted by Gasteiger charge is -2.33. The van der Waals surface area contributed by atoms with E-state index in [1.165, 1.54) is 5.00 Å². The number of piperidine rings is 1. The molecule has 0 unspecified atom stereocenters. The Morgan fingerprint density at radius 1 is 1.17 bits per heavy atom. The Morgan fingerprint density at radius 2 is 1.86 bits per heavy atom. The number of nitrogens with one attached hydrogen (secondary N) is 3. The predicted molar refractivity (Wildman–Crippen MR) is 133 cm³/mol. The minimum atomic E-state index is -0.109. The predicted octanol–water partition coefficient (Wildman–Crippen LogP) is 3.58. The molecule has 1 amide bonds. The highest BCUT2D eigenvalue weighted by Crippen LogP contribution is 2.24. The number of thiophene rings is 1. The normalized spacial score (nSPS) is 14.8. The SMILES string of the molecule is CN=C(NCCNC(=O)c1ccc(Cl)cc1)NC1CCN(c2cccs2)CC1.I. The van der Waals surface area contributed by atoms with Crippen molar-refractivity contribution in [2.45, 2.75) is 18.9 Å². The maximum Gasteiger partial charge on any atom is 0.251 e. The first-order valence-corrected chi connectivity index (χ1v) is 10.7. The number of carbonyl (C=O) groups excluding carboxylic acids is 1. The van der Waals surface area contributed by atoms with Gasteiger partial charge in [0.15, 0.2) is 5.96 Å². The van der Waals surface area contributed by atoms with Gasteiger partial charge >= 0.3 is 0 Å². The fraction of sp³-hybridized carbons (Fsp3) is 0.400. The molecule has 0 radical (unpaired) electrons. The van der Waals surface area contributed by atoms with E-state index in [0.717, 1.165) is 31.9 Å². The summed E-state index contributed by atoms with van der Waals surface area (Å²) < 4.78 is 0. The summed E-state index contributed by atoms with van der Waals surface area (Å²) in [7, 11) is 1.77. The first-order chi connectivity index (χ1) is 13.7. The minimum Gasteiger partial charge on any atom is -0.363 e. The molecule has 3 rings (SSSR count). The van der Waals surface area contributed by atoms with Gasteiger partial charge in [-0.15, -0.1) is 35.3 Å². The molecular weight excluding hydrogens is 521 g/mol. The number of aliphatic imine (C=N–C) groups is 1. The van der Waals surface area contributed by atoms with E-state index >= 15 is 0 Å². The summed E-state index contributed by atoms with van der Waals surface area (Å²) in [5, 5.41) is 13.7. The Labute approximate surface area is 198 Å². The molecule has 1 aromatic carbocycles. The van der Waals surface area contributed by atoms with E-state index in [0.29, 0.717) is 29.7 Å². The summed E-state index contributed by atoms with van der Waals surface area (Å²) in [6.07, 6.45) is 2.15. The lowest BCUT2D eigenvalue weighted by atomic mass is 10.1. The monoisotopic (exact) mass is 547 g/mol. The van der Waals surface area contributed by atoms with Crippen LogP contribution in [0, 0.1) is 0 Å². The smallest absolute Gasteiger partial charge is 0.251 e. The highest BCUT2D eigenvalue weighted by atomic mass is 127. The van der Waals surface area contributed by atoms with Crippen molar-refractivity contribution < 1.29 is 4.79 Å². The van der Waals surface area contributed by atoms with Crippen LogP contribution >= 0.6 is 46.9 Å². The molecule has 9 heteroatoms. The number of guanidine groups is 1. The molecule has 0 aliphatic carbocycles. The lowest BCUT2D eigenvalue weighted by Crippen LogP contribution is -2.49. The average molecular weight is 548 g/mol. The molecule has 1 aliphatic rings. The van der Waals surface area contributed by atoms with E-state index in [-0.39, 0.29) is 29.9 Å². The number of nitrogens with zero attached hydrogens (tertiary/aromatic N) is 2. The number of rotatable bonds is 6. The maximum atomic E-state index is 12.1. The van der Waals surface area contributed by atoms with Gasteiger partial charge in [0.2, 0.25) is 0 Å². The van der Waals surface area contributed by atoms with Gasteiger partial charge in [0.1, 0.15) is 0 Å². The topological polar surface area (TPSA) is 68.8 Å². The van der Waals surface area contributed by atoms with E-state index in [2.05, 4.69) is 43.4 Å². The number of carbonyl (C=O) groups is 1. The van der Waals surface area contributed by atoms with Gasteiger partial charge in [0.05, 0.1) is 5.00 Å². The van der Waals surface area contributed by atoms with Crippen molar-refractivity contribution in [1.29, 1.82) is 0 Å². The summed E-state index contributed by atoms with van der Waals surface area (Å²) in [6, 6.07) is 11.5. The molecule has 0 bridgehead atoms. The van der Waals surface area contributed by atoms with Crippen molar-refractivity contribution in [1.82, 2.24) is 16.0 Å². The second-order valence-corrected chi connectivity index (χ2v) is 7.98. The molecule has 3 N–H and O–H groups in total. The molecule has 29 heavy (non-hydrogen) atoms. The van der Waals surface area contributed by atoms with Crippen molar-refractivity contribution in [2.24, 2.45) is 4.99 Å². The number of hydrogen-bond acceptors (Lipinski definition) is 4. The average Bonchev–Trinajstić information content (AvgIpc) is 3.26. The first-order valence-electron chi connectivity index (χ1n) is 9.45. The molecule has 2 heterocycles. The fourth-order valence-electron chi connectivity index (χ4n) is 3.14. The van der Waals surface area contributed by atoms with Gasteiger partial charge in [-0.1, -0.05) is 11.6 Å². The van der Waals surface area contributed by atoms with Crippen molar-refractivity contribution >= 4 is 63.8 Å². The van der Waals surface area contributed by atoms with Gasteiger partial charge < -0.3 is 20.9 Å². The first kappa shape index (κ1) is 23.8. The molecule has 0 spiro atoms. The third kappa shape index (κ3) is 7.35. The number of anilines is 1. The van der Waals surface area contributed by atoms with Crippen LogP contribution in [0.1, 0.15) is 23.2 Å². The zero-order valence-corrected chi connectivity index (χ0v) is 20.3. The summed E-state index contributed by atoms with van der Waals surface area (Å²) in [6.45, 7) is 3.21. The lowest BCUT2D eigenvalue weighted by molar-refractivity contribution is 0.0954. The molecule has 158 valence electrons. The summed E-state index contributed by atoms with van der Waals surface area (Å²) in [4.78, 5) is 18.8. The van der Waals surface area contributed by atoms with Crippen LogP contribution in [0.15, 0.2) is 46.8 Å². The highest BCUT2D eigenvalue weighted by Gasteiger charge is 2.20. The second kappa shape index (κ2) is 12.2. The largest absolute Gasteiger partial charge is 0.363 e. The van der Waals surface area contributed by atoms with Gasteiger partial charge in [-0.05, 0) is 54.6 Å². The molecule has 1 aliphatic heterocycles. The van der Waals surface area contributed by atoms with Crippen LogP contribution in [-0.4, -0.2) is 51.1 Å². The van der Waals surface area contributed by atoms with Crippen LogP contribution in [0.2, 0.25) is 5.02 Å². The second-order valence-electron chi connectivity index (χ2n) is 6.62. The zero-order valence-electron chi connectivity index (χ0n) is 16.4. The molecule has 6 nitrogen and oxygen atoms in total. The maximum absolute atomic E-state index is 12.1. The molecule has 2 aromatic rings. The molecular formula is C20H27ClIN5OS. The van der Waals surface area contributed by atoms with Crippen LogP contribution in [0.5, 0.6) is 0 Å². The molecule has 0 saturated carbocycles. The van der Waals surface area contributed by atoms with Crippen molar-refractivity contribution in [2.75, 3.05) is 38.1 Å². The Hall–Kier alpha value is -1.52. The standard InChI is InChI=1S/C20H26ClN5OS.HI/c1-22-20(24-11-10-23-19(27)15-4-6-16(21)7-5-15)25-17-8-12-26(13-9-17)18-3-2-14-28-18;/h2-7,14,17H,8-13H2,1H3,(H,23,27)(H2,22,24,25);1H. The third-order valence-corrected chi connectivity index (χ3v) is 5.87. The molecule has 1 saturated heterocycles. The van der Waals surface area contributed by atoms with Gasteiger partial charge in [-0.2, -0.15) is 0 Å². The summed E-state index contributed by atoms with van der Waals surface area (Å²) in [5.41, 5.74) is 0.601. The van der Waals surface area contributed by atoms with Crippen molar-refractivity contribution in [3.05, 3.63) is 52.4 Å². The third-order valence-electron chi connectivity index (χ3n) is 4.69.